The maximum atomic E-state index is 12.4. The number of aliphatic carboxylic acids is 1. The van der Waals surface area contributed by atoms with Crippen LogP contribution >= 0.6 is 11.8 Å². The van der Waals surface area contributed by atoms with Gasteiger partial charge in [-0.1, -0.05) is 18.2 Å². The van der Waals surface area contributed by atoms with Crippen molar-refractivity contribution in [1.82, 2.24) is 10.3 Å². The molecule has 0 bridgehead atoms. The first-order valence-electron chi connectivity index (χ1n) is 7.90. The van der Waals surface area contributed by atoms with E-state index in [9.17, 15) is 14.7 Å². The summed E-state index contributed by atoms with van der Waals surface area (Å²) < 4.78 is 0. The van der Waals surface area contributed by atoms with E-state index >= 15 is 0 Å². The van der Waals surface area contributed by atoms with Crippen LogP contribution in [-0.2, 0) is 4.79 Å². The van der Waals surface area contributed by atoms with E-state index in [2.05, 4.69) is 10.3 Å². The van der Waals surface area contributed by atoms with Crippen LogP contribution in [0.4, 0.5) is 11.5 Å². The molecule has 7 heteroatoms. The largest absolute Gasteiger partial charge is 0.479 e. The fourth-order valence-corrected chi connectivity index (χ4v) is 4.00. The first kappa shape index (κ1) is 17.3. The van der Waals surface area contributed by atoms with Crippen LogP contribution in [0.3, 0.4) is 0 Å². The normalized spacial score (nSPS) is 19.4. The highest BCUT2D eigenvalue weighted by Crippen LogP contribution is 2.29. The second-order valence-corrected chi connectivity index (χ2v) is 7.05. The van der Waals surface area contributed by atoms with Crippen LogP contribution in [0.25, 0.3) is 0 Å². The van der Waals surface area contributed by atoms with Crippen molar-refractivity contribution in [1.29, 1.82) is 0 Å². The maximum absolute atomic E-state index is 12.4. The third kappa shape index (κ3) is 3.61. The zero-order valence-electron chi connectivity index (χ0n) is 13.8. The highest BCUT2D eigenvalue weighted by atomic mass is 32.2. The van der Waals surface area contributed by atoms with Crippen LogP contribution < -0.4 is 10.2 Å². The Balaban J connectivity index is 1.74. The molecular formula is C18H19N3O3S. The molecule has 1 fully saturated rings. The van der Waals surface area contributed by atoms with E-state index in [1.807, 2.05) is 42.3 Å². The topological polar surface area (TPSA) is 82.5 Å². The smallest absolute Gasteiger partial charge is 0.330 e. The summed E-state index contributed by atoms with van der Waals surface area (Å²) >= 11 is 1.53. The van der Waals surface area contributed by atoms with Crippen molar-refractivity contribution in [3.8, 4) is 0 Å². The van der Waals surface area contributed by atoms with Crippen molar-refractivity contribution in [2.24, 2.45) is 0 Å². The molecule has 1 aromatic carbocycles. The second-order valence-electron chi connectivity index (χ2n) is 5.94. The predicted molar refractivity (Wildman–Crippen MR) is 98.5 cm³/mol. The number of nitrogens with one attached hydrogen (secondary N) is 1. The fourth-order valence-electron chi connectivity index (χ4n) is 2.68. The number of pyridine rings is 1. The molecule has 1 aliphatic heterocycles. The third-order valence-electron chi connectivity index (χ3n) is 4.28. The van der Waals surface area contributed by atoms with Crippen LogP contribution in [0.5, 0.6) is 0 Å². The molecule has 2 aromatic rings. The van der Waals surface area contributed by atoms with E-state index in [-0.39, 0.29) is 0 Å². The quantitative estimate of drug-likeness (QED) is 0.856. The first-order valence-corrected chi connectivity index (χ1v) is 9.06. The Bertz CT molecular complexity index is 759. The molecule has 6 nitrogen and oxygen atoms in total. The van der Waals surface area contributed by atoms with Crippen LogP contribution in [-0.4, -0.2) is 46.1 Å². The molecule has 0 radical (unpaired) electrons. The number of thioether (sulfide) groups is 1. The molecule has 25 heavy (non-hydrogen) atoms. The molecule has 2 N–H and O–H groups in total. The van der Waals surface area contributed by atoms with Gasteiger partial charge < -0.3 is 15.3 Å². The van der Waals surface area contributed by atoms with Gasteiger partial charge in [-0.05, 0) is 36.4 Å². The summed E-state index contributed by atoms with van der Waals surface area (Å²) in [6, 6.07) is 13.2. The minimum Gasteiger partial charge on any atom is -0.479 e. The number of rotatable bonds is 5. The molecule has 1 amide bonds. The van der Waals surface area contributed by atoms with Gasteiger partial charge in [0.2, 0.25) is 0 Å². The Morgan fingerprint density at radius 2 is 2.00 bits per heavy atom. The van der Waals surface area contributed by atoms with E-state index in [0.29, 0.717) is 23.6 Å². The molecular weight excluding hydrogens is 338 g/mol. The lowest BCUT2D eigenvalue weighted by Gasteiger charge is -2.24. The Morgan fingerprint density at radius 3 is 2.56 bits per heavy atom. The summed E-state index contributed by atoms with van der Waals surface area (Å²) in [5.74, 6) is 0.416. The number of amides is 1. The minimum absolute atomic E-state index is 0.350. The SMILES string of the molecule is CN(c1ccccc1)c1ccc(C(=O)NC2(C(=O)O)CCSC2)cn1. The van der Waals surface area contributed by atoms with Gasteiger partial charge in [-0.3, -0.25) is 4.79 Å². The number of para-hydroxylation sites is 1. The zero-order valence-corrected chi connectivity index (χ0v) is 14.6. The molecule has 3 rings (SSSR count). The number of carboxylic acid groups (broad SMARTS) is 1. The van der Waals surface area contributed by atoms with Crippen LogP contribution in [0, 0.1) is 0 Å². The summed E-state index contributed by atoms with van der Waals surface area (Å²) in [5, 5.41) is 12.1. The predicted octanol–water partition coefficient (Wildman–Crippen LogP) is 2.54. The fraction of sp³-hybridized carbons (Fsp3) is 0.278. The number of hydrogen-bond donors (Lipinski definition) is 2. The summed E-state index contributed by atoms with van der Waals surface area (Å²) in [7, 11) is 1.90. The van der Waals surface area contributed by atoms with Gasteiger partial charge in [-0.15, -0.1) is 0 Å². The number of aromatic nitrogens is 1. The van der Waals surface area contributed by atoms with E-state index in [4.69, 9.17) is 0 Å². The monoisotopic (exact) mass is 357 g/mol. The molecule has 1 unspecified atom stereocenters. The van der Waals surface area contributed by atoms with Gasteiger partial charge in [0.05, 0.1) is 5.56 Å². The average Bonchev–Trinajstić information content (AvgIpc) is 3.12. The summed E-state index contributed by atoms with van der Waals surface area (Å²) in [6.45, 7) is 0. The molecule has 0 spiro atoms. The summed E-state index contributed by atoms with van der Waals surface area (Å²) in [4.78, 5) is 30.2. The van der Waals surface area contributed by atoms with Gasteiger partial charge in [0.15, 0.2) is 0 Å². The lowest BCUT2D eigenvalue weighted by atomic mass is 9.98. The van der Waals surface area contributed by atoms with E-state index in [1.165, 1.54) is 18.0 Å². The molecule has 0 aliphatic carbocycles. The summed E-state index contributed by atoms with van der Waals surface area (Å²) in [5.41, 5.74) is 0.157. The van der Waals surface area contributed by atoms with Gasteiger partial charge in [0.1, 0.15) is 11.4 Å². The standard InChI is InChI=1S/C18H19N3O3S/c1-21(14-5-3-2-4-6-14)15-8-7-13(11-19-15)16(22)20-18(17(23)24)9-10-25-12-18/h2-8,11H,9-10,12H2,1H3,(H,20,22)(H,23,24). The van der Waals surface area contributed by atoms with Gasteiger partial charge in [0.25, 0.3) is 5.91 Å². The van der Waals surface area contributed by atoms with E-state index in [1.54, 1.807) is 12.1 Å². The molecule has 130 valence electrons. The van der Waals surface area contributed by atoms with Crippen molar-refractivity contribution in [2.75, 3.05) is 23.5 Å². The Labute approximate surface area is 150 Å². The first-order chi connectivity index (χ1) is 12.0. The van der Waals surface area contributed by atoms with Gasteiger partial charge >= 0.3 is 5.97 Å². The number of carbonyl (C=O) groups excluding carboxylic acids is 1. The number of hydrogen-bond acceptors (Lipinski definition) is 5. The summed E-state index contributed by atoms with van der Waals surface area (Å²) in [6.07, 6.45) is 1.91. The van der Waals surface area contributed by atoms with Crippen molar-refractivity contribution >= 4 is 35.1 Å². The number of nitrogens with zero attached hydrogens (tertiary/aromatic N) is 2. The van der Waals surface area contributed by atoms with Gasteiger partial charge in [0, 0.05) is 24.7 Å². The molecule has 1 aliphatic rings. The molecule has 2 heterocycles. The van der Waals surface area contributed by atoms with Crippen LogP contribution in [0.1, 0.15) is 16.8 Å². The number of anilines is 2. The Kier molecular flexibility index (Phi) is 4.94. The molecule has 1 aromatic heterocycles. The van der Waals surface area contributed by atoms with Crippen molar-refractivity contribution in [2.45, 2.75) is 12.0 Å². The Hall–Kier alpha value is -2.54. The second kappa shape index (κ2) is 7.14. The molecule has 1 atom stereocenters. The highest BCUT2D eigenvalue weighted by Gasteiger charge is 2.43. The maximum Gasteiger partial charge on any atom is 0.330 e. The number of benzene rings is 1. The van der Waals surface area contributed by atoms with Crippen molar-refractivity contribution < 1.29 is 14.7 Å². The van der Waals surface area contributed by atoms with Crippen molar-refractivity contribution in [3.05, 3.63) is 54.2 Å². The lowest BCUT2D eigenvalue weighted by Crippen LogP contribution is -2.54. The van der Waals surface area contributed by atoms with E-state index in [0.717, 1.165) is 11.4 Å². The minimum atomic E-state index is -1.18. The molecule has 0 saturated carbocycles. The van der Waals surface area contributed by atoms with E-state index < -0.39 is 17.4 Å². The molecule has 1 saturated heterocycles. The number of carbonyl (C=O) groups is 2. The number of carboxylic acids is 1. The van der Waals surface area contributed by atoms with Crippen molar-refractivity contribution in [3.63, 3.8) is 0 Å². The highest BCUT2D eigenvalue weighted by molar-refractivity contribution is 7.99. The van der Waals surface area contributed by atoms with Gasteiger partial charge in [-0.2, -0.15) is 11.8 Å². The lowest BCUT2D eigenvalue weighted by molar-refractivity contribution is -0.143. The van der Waals surface area contributed by atoms with Crippen LogP contribution in [0.2, 0.25) is 0 Å². The zero-order chi connectivity index (χ0) is 17.9. The third-order valence-corrected chi connectivity index (χ3v) is 5.47. The average molecular weight is 357 g/mol. The Morgan fingerprint density at radius 1 is 1.24 bits per heavy atom. The van der Waals surface area contributed by atoms with Gasteiger partial charge in [-0.25, -0.2) is 9.78 Å². The van der Waals surface area contributed by atoms with Crippen LogP contribution in [0.15, 0.2) is 48.7 Å².